The van der Waals surface area contributed by atoms with Crippen LogP contribution in [0.25, 0.3) is 0 Å². The molecule has 0 unspecified atom stereocenters. The summed E-state index contributed by atoms with van der Waals surface area (Å²) in [5.74, 6) is -0.391. The van der Waals surface area contributed by atoms with E-state index in [4.69, 9.17) is 0 Å². The molecule has 3 nitrogen and oxygen atoms in total. The minimum Gasteiger partial charge on any atom is -0.364 e. The number of halogens is 3. The number of nitrogens with one attached hydrogen (secondary N) is 2. The van der Waals surface area contributed by atoms with Gasteiger partial charge in [0.15, 0.2) is 0 Å². The van der Waals surface area contributed by atoms with Gasteiger partial charge in [-0.1, -0.05) is 6.07 Å². The minimum absolute atomic E-state index is 0.342. The molecule has 3 aromatic rings. The number of alkyl halides is 3. The van der Waals surface area contributed by atoms with Crippen LogP contribution >= 0.6 is 0 Å². The van der Waals surface area contributed by atoms with Gasteiger partial charge in [-0.2, -0.15) is 13.2 Å². The summed E-state index contributed by atoms with van der Waals surface area (Å²) in [6.45, 7) is 0. The van der Waals surface area contributed by atoms with Crippen LogP contribution in [0.5, 0.6) is 0 Å². The number of aromatic nitrogens is 3. The second-order valence-electron chi connectivity index (χ2n) is 4.63. The van der Waals surface area contributed by atoms with Crippen LogP contribution in [0.1, 0.15) is 28.7 Å². The topological polar surface area (TPSA) is 44.5 Å². The molecule has 0 fully saturated rings. The van der Waals surface area contributed by atoms with Crippen LogP contribution in [0.15, 0.2) is 54.9 Å². The molecule has 0 aromatic carbocycles. The van der Waals surface area contributed by atoms with Crippen LogP contribution in [0, 0.1) is 0 Å². The van der Waals surface area contributed by atoms with Gasteiger partial charge in [0, 0.05) is 23.8 Å². The van der Waals surface area contributed by atoms with E-state index in [1.165, 1.54) is 6.07 Å². The molecule has 3 rings (SSSR count). The third kappa shape index (κ3) is 2.69. The molecule has 3 heterocycles. The molecule has 0 aliphatic rings. The van der Waals surface area contributed by atoms with Crippen LogP contribution in [0.3, 0.4) is 0 Å². The Bertz CT molecular complexity index is 666. The molecule has 0 atom stereocenters. The standard InChI is InChI=1S/C15H12F3N3/c16-15(17,18)13-7-1-4-12(21-13)14(10-5-2-8-19-10)11-6-3-9-20-11/h1-9,14,19-20H. The third-order valence-electron chi connectivity index (χ3n) is 3.22. The maximum Gasteiger partial charge on any atom is 0.433 e. The van der Waals surface area contributed by atoms with Crippen molar-refractivity contribution in [3.63, 3.8) is 0 Å². The number of nitrogens with zero attached hydrogens (tertiary/aromatic N) is 1. The van der Waals surface area contributed by atoms with E-state index in [-0.39, 0.29) is 0 Å². The van der Waals surface area contributed by atoms with E-state index in [0.717, 1.165) is 17.5 Å². The van der Waals surface area contributed by atoms with Crippen LogP contribution in [-0.4, -0.2) is 15.0 Å². The van der Waals surface area contributed by atoms with Crippen molar-refractivity contribution in [2.75, 3.05) is 0 Å². The largest absolute Gasteiger partial charge is 0.433 e. The Morgan fingerprint density at radius 1 is 0.857 bits per heavy atom. The molecule has 2 N–H and O–H groups in total. The van der Waals surface area contributed by atoms with Crippen molar-refractivity contribution in [1.29, 1.82) is 0 Å². The summed E-state index contributed by atoms with van der Waals surface area (Å²) in [4.78, 5) is 9.87. The fraction of sp³-hybridized carbons (Fsp3) is 0.133. The normalized spacial score (nSPS) is 12.0. The molecule has 0 amide bonds. The SMILES string of the molecule is FC(F)(F)c1cccc(C(c2ccc[nH]2)c2ccc[nH]2)n1. The lowest BCUT2D eigenvalue weighted by Gasteiger charge is -2.16. The van der Waals surface area contributed by atoms with Crippen LogP contribution in [0.4, 0.5) is 13.2 Å². The number of rotatable bonds is 3. The molecule has 0 spiro atoms. The first-order chi connectivity index (χ1) is 10.1. The Kier molecular flexibility index (Phi) is 3.29. The summed E-state index contributed by atoms with van der Waals surface area (Å²) in [7, 11) is 0. The molecule has 0 radical (unpaired) electrons. The molecule has 3 aromatic heterocycles. The van der Waals surface area contributed by atoms with Crippen molar-refractivity contribution >= 4 is 0 Å². The van der Waals surface area contributed by atoms with Crippen LogP contribution < -0.4 is 0 Å². The number of hydrogen-bond acceptors (Lipinski definition) is 1. The highest BCUT2D eigenvalue weighted by Gasteiger charge is 2.33. The van der Waals surface area contributed by atoms with Crippen molar-refractivity contribution in [1.82, 2.24) is 15.0 Å². The van der Waals surface area contributed by atoms with E-state index >= 15 is 0 Å². The van der Waals surface area contributed by atoms with Crippen molar-refractivity contribution in [2.24, 2.45) is 0 Å². The Balaban J connectivity index is 2.10. The smallest absolute Gasteiger partial charge is 0.364 e. The van der Waals surface area contributed by atoms with Gasteiger partial charge in [0.2, 0.25) is 0 Å². The number of pyridine rings is 1. The Morgan fingerprint density at radius 3 is 1.95 bits per heavy atom. The quantitative estimate of drug-likeness (QED) is 0.754. The maximum absolute atomic E-state index is 12.8. The van der Waals surface area contributed by atoms with Gasteiger partial charge in [-0.3, -0.25) is 0 Å². The van der Waals surface area contributed by atoms with Gasteiger partial charge in [-0.25, -0.2) is 4.98 Å². The first-order valence-electron chi connectivity index (χ1n) is 6.36. The predicted molar refractivity (Wildman–Crippen MR) is 71.8 cm³/mol. The average molecular weight is 291 g/mol. The second kappa shape index (κ2) is 5.12. The molecular weight excluding hydrogens is 279 g/mol. The van der Waals surface area contributed by atoms with Crippen molar-refractivity contribution in [3.8, 4) is 0 Å². The van der Waals surface area contributed by atoms with Crippen LogP contribution in [-0.2, 0) is 6.18 Å². The Morgan fingerprint density at radius 2 is 1.48 bits per heavy atom. The lowest BCUT2D eigenvalue weighted by molar-refractivity contribution is -0.141. The molecule has 108 valence electrons. The highest BCUT2D eigenvalue weighted by Crippen LogP contribution is 2.32. The monoisotopic (exact) mass is 291 g/mol. The summed E-state index contributed by atoms with van der Waals surface area (Å²) >= 11 is 0. The predicted octanol–water partition coefficient (Wildman–Crippen LogP) is 3.94. The number of H-pyrrole nitrogens is 2. The Labute approximate surface area is 118 Å². The Hall–Kier alpha value is -2.50. The van der Waals surface area contributed by atoms with E-state index in [1.54, 1.807) is 30.6 Å². The van der Waals surface area contributed by atoms with Gasteiger partial charge in [-0.15, -0.1) is 0 Å². The fourth-order valence-corrected chi connectivity index (χ4v) is 2.30. The lowest BCUT2D eigenvalue weighted by Crippen LogP contribution is -2.12. The molecule has 21 heavy (non-hydrogen) atoms. The zero-order chi connectivity index (χ0) is 14.9. The molecule has 0 saturated carbocycles. The van der Waals surface area contributed by atoms with E-state index in [2.05, 4.69) is 15.0 Å². The molecular formula is C15H12F3N3. The molecule has 0 bridgehead atoms. The first-order valence-corrected chi connectivity index (χ1v) is 6.36. The fourth-order valence-electron chi connectivity index (χ4n) is 2.30. The highest BCUT2D eigenvalue weighted by molar-refractivity contribution is 5.35. The zero-order valence-corrected chi connectivity index (χ0v) is 10.9. The first kappa shape index (κ1) is 13.5. The molecule has 0 aliphatic heterocycles. The number of aromatic amines is 2. The van der Waals surface area contributed by atoms with Crippen molar-refractivity contribution in [3.05, 3.63) is 77.6 Å². The lowest BCUT2D eigenvalue weighted by atomic mass is 9.97. The molecule has 0 aliphatic carbocycles. The maximum atomic E-state index is 12.8. The van der Waals surface area contributed by atoms with E-state index in [9.17, 15) is 13.2 Å². The van der Waals surface area contributed by atoms with Gasteiger partial charge in [-0.05, 0) is 36.4 Å². The van der Waals surface area contributed by atoms with E-state index < -0.39 is 17.8 Å². The average Bonchev–Trinajstić information content (AvgIpc) is 3.12. The molecule has 6 heteroatoms. The summed E-state index contributed by atoms with van der Waals surface area (Å²) < 4.78 is 38.5. The third-order valence-corrected chi connectivity index (χ3v) is 3.22. The molecule has 0 saturated heterocycles. The van der Waals surface area contributed by atoms with Gasteiger partial charge >= 0.3 is 6.18 Å². The summed E-state index contributed by atoms with van der Waals surface area (Å²) in [6.07, 6.45) is -0.982. The summed E-state index contributed by atoms with van der Waals surface area (Å²) in [5.41, 5.74) is 1.02. The zero-order valence-electron chi connectivity index (χ0n) is 10.9. The summed E-state index contributed by atoms with van der Waals surface area (Å²) in [5, 5.41) is 0. The van der Waals surface area contributed by atoms with Gasteiger partial charge in [0.1, 0.15) is 5.69 Å². The van der Waals surface area contributed by atoms with Gasteiger partial charge in [0.05, 0.1) is 11.6 Å². The number of hydrogen-bond donors (Lipinski definition) is 2. The van der Waals surface area contributed by atoms with E-state index in [1.807, 2.05) is 12.1 Å². The van der Waals surface area contributed by atoms with Crippen molar-refractivity contribution < 1.29 is 13.2 Å². The van der Waals surface area contributed by atoms with Crippen LogP contribution in [0.2, 0.25) is 0 Å². The van der Waals surface area contributed by atoms with E-state index in [0.29, 0.717) is 5.69 Å². The summed E-state index contributed by atoms with van der Waals surface area (Å²) in [6, 6.07) is 11.2. The second-order valence-corrected chi connectivity index (χ2v) is 4.63. The minimum atomic E-state index is -4.45. The van der Waals surface area contributed by atoms with Crippen molar-refractivity contribution in [2.45, 2.75) is 12.1 Å². The van der Waals surface area contributed by atoms with Gasteiger partial charge < -0.3 is 9.97 Å². The highest BCUT2D eigenvalue weighted by atomic mass is 19.4. The van der Waals surface area contributed by atoms with Gasteiger partial charge in [0.25, 0.3) is 0 Å².